The lowest BCUT2D eigenvalue weighted by molar-refractivity contribution is -0.145. The van der Waals surface area contributed by atoms with Gasteiger partial charge in [-0.1, -0.05) is 23.2 Å². The fourth-order valence-corrected chi connectivity index (χ4v) is 0.346. The summed E-state index contributed by atoms with van der Waals surface area (Å²) in [6.07, 6.45) is -5.68. The molecular formula is C4H3Cl2F3O. The van der Waals surface area contributed by atoms with E-state index in [9.17, 15) is 18.0 Å². The minimum absolute atomic E-state index is 0.0213. The molecule has 10 heavy (non-hydrogen) atoms. The van der Waals surface area contributed by atoms with E-state index in [1.54, 1.807) is 0 Å². The lowest BCUT2D eigenvalue weighted by atomic mass is 10.3. The summed E-state index contributed by atoms with van der Waals surface area (Å²) in [6, 6.07) is 0. The van der Waals surface area contributed by atoms with Crippen LogP contribution in [-0.4, -0.2) is 16.8 Å². The Morgan fingerprint density at radius 3 is 1.80 bits per heavy atom. The highest BCUT2D eigenvalue weighted by molar-refractivity contribution is 6.49. The zero-order valence-electron chi connectivity index (χ0n) is 4.58. The Labute approximate surface area is 65.1 Å². The standard InChI is InChI=1S/C4H3Cl2F3O/c5-3(6,1-2-10)4(7,8)9/h2H,1H2. The summed E-state index contributed by atoms with van der Waals surface area (Å²) in [7, 11) is 0. The van der Waals surface area contributed by atoms with Gasteiger partial charge in [0, 0.05) is 6.42 Å². The molecule has 0 atom stereocenters. The van der Waals surface area contributed by atoms with Crippen LogP contribution >= 0.6 is 23.2 Å². The smallest absolute Gasteiger partial charge is 0.303 e. The number of hydrogen-bond acceptors (Lipinski definition) is 1. The van der Waals surface area contributed by atoms with Crippen molar-refractivity contribution in [3.8, 4) is 0 Å². The summed E-state index contributed by atoms with van der Waals surface area (Å²) in [6.45, 7) is 0. The number of aldehydes is 1. The summed E-state index contributed by atoms with van der Waals surface area (Å²) in [5, 5.41) is 0. The van der Waals surface area contributed by atoms with Crippen LogP contribution in [0.5, 0.6) is 0 Å². The molecule has 1 nitrogen and oxygen atoms in total. The van der Waals surface area contributed by atoms with E-state index in [1.807, 2.05) is 0 Å². The highest BCUT2D eigenvalue weighted by Gasteiger charge is 2.52. The Kier molecular flexibility index (Phi) is 2.98. The zero-order valence-corrected chi connectivity index (χ0v) is 6.09. The highest BCUT2D eigenvalue weighted by atomic mass is 35.5. The van der Waals surface area contributed by atoms with Crippen LogP contribution in [0.3, 0.4) is 0 Å². The minimum Gasteiger partial charge on any atom is -0.303 e. The first-order valence-electron chi connectivity index (χ1n) is 2.19. The van der Waals surface area contributed by atoms with Gasteiger partial charge in [-0.25, -0.2) is 0 Å². The average molecular weight is 195 g/mol. The van der Waals surface area contributed by atoms with Gasteiger partial charge >= 0.3 is 6.18 Å². The van der Waals surface area contributed by atoms with Crippen LogP contribution in [0, 0.1) is 0 Å². The maximum absolute atomic E-state index is 11.6. The van der Waals surface area contributed by atoms with Gasteiger partial charge in [0.2, 0.25) is 4.33 Å². The molecule has 0 amide bonds. The molecule has 0 aliphatic rings. The molecule has 0 aromatic heterocycles. The molecule has 0 radical (unpaired) electrons. The van der Waals surface area contributed by atoms with E-state index in [0.717, 1.165) is 0 Å². The number of alkyl halides is 5. The lowest BCUT2D eigenvalue weighted by Gasteiger charge is -2.19. The van der Waals surface area contributed by atoms with Crippen molar-refractivity contribution < 1.29 is 18.0 Å². The monoisotopic (exact) mass is 194 g/mol. The quantitative estimate of drug-likeness (QED) is 0.488. The van der Waals surface area contributed by atoms with Crippen LogP contribution in [0.15, 0.2) is 0 Å². The topological polar surface area (TPSA) is 17.1 Å². The maximum atomic E-state index is 11.6. The number of carbonyl (C=O) groups excluding carboxylic acids is 1. The molecule has 60 valence electrons. The Morgan fingerprint density at radius 2 is 1.70 bits per heavy atom. The fourth-order valence-electron chi connectivity index (χ4n) is 0.220. The Hall–Kier alpha value is 0.0400. The van der Waals surface area contributed by atoms with Gasteiger partial charge in [0.15, 0.2) is 0 Å². The minimum atomic E-state index is -4.75. The van der Waals surface area contributed by atoms with Gasteiger partial charge < -0.3 is 4.79 Å². The second kappa shape index (κ2) is 2.96. The number of hydrogen-bond donors (Lipinski definition) is 0. The second-order valence-corrected chi connectivity index (χ2v) is 3.06. The molecule has 0 saturated heterocycles. The van der Waals surface area contributed by atoms with E-state index in [2.05, 4.69) is 0 Å². The molecule has 0 aliphatic carbocycles. The lowest BCUT2D eigenvalue weighted by Crippen LogP contribution is -2.34. The predicted molar refractivity (Wildman–Crippen MR) is 31.2 cm³/mol. The molecule has 0 fully saturated rings. The first-order valence-corrected chi connectivity index (χ1v) is 2.95. The third-order valence-corrected chi connectivity index (χ3v) is 1.49. The average Bonchev–Trinajstić information content (AvgIpc) is 1.61. The van der Waals surface area contributed by atoms with Crippen LogP contribution in [0.25, 0.3) is 0 Å². The third kappa shape index (κ3) is 2.34. The first kappa shape index (κ1) is 10.0. The van der Waals surface area contributed by atoms with Gasteiger partial charge in [-0.15, -0.1) is 0 Å². The zero-order chi connectivity index (χ0) is 8.41. The van der Waals surface area contributed by atoms with Gasteiger partial charge in [-0.05, 0) is 0 Å². The van der Waals surface area contributed by atoms with Crippen molar-refractivity contribution in [3.63, 3.8) is 0 Å². The van der Waals surface area contributed by atoms with Crippen molar-refractivity contribution in [2.75, 3.05) is 0 Å². The number of halogens is 5. The highest BCUT2D eigenvalue weighted by Crippen LogP contribution is 2.41. The molecule has 0 rings (SSSR count). The largest absolute Gasteiger partial charge is 0.421 e. The Morgan fingerprint density at radius 1 is 1.30 bits per heavy atom. The van der Waals surface area contributed by atoms with Crippen molar-refractivity contribution >= 4 is 29.5 Å². The van der Waals surface area contributed by atoms with E-state index >= 15 is 0 Å². The van der Waals surface area contributed by atoms with Gasteiger partial charge in [0.25, 0.3) is 0 Å². The molecule has 0 saturated carbocycles. The first-order chi connectivity index (χ1) is 4.31. The molecular weight excluding hydrogens is 192 g/mol. The van der Waals surface area contributed by atoms with Crippen molar-refractivity contribution in [2.45, 2.75) is 16.9 Å². The normalized spacial score (nSPS) is 13.3. The van der Waals surface area contributed by atoms with E-state index < -0.39 is 16.9 Å². The molecule has 0 unspecified atom stereocenters. The van der Waals surface area contributed by atoms with E-state index in [-0.39, 0.29) is 6.29 Å². The predicted octanol–water partition coefficient (Wildman–Crippen LogP) is 2.31. The summed E-state index contributed by atoms with van der Waals surface area (Å²) in [4.78, 5) is 9.60. The van der Waals surface area contributed by atoms with Crippen LogP contribution in [-0.2, 0) is 4.79 Å². The molecule has 0 bridgehead atoms. The molecule has 0 aromatic carbocycles. The fraction of sp³-hybridized carbons (Fsp3) is 0.750. The SMILES string of the molecule is O=CCC(Cl)(Cl)C(F)(F)F. The molecule has 0 N–H and O–H groups in total. The van der Waals surface area contributed by atoms with Crippen molar-refractivity contribution in [3.05, 3.63) is 0 Å². The van der Waals surface area contributed by atoms with Crippen molar-refractivity contribution in [2.24, 2.45) is 0 Å². The third-order valence-electron chi connectivity index (χ3n) is 0.754. The molecule has 0 aromatic rings. The maximum Gasteiger partial charge on any atom is 0.421 e. The van der Waals surface area contributed by atoms with Crippen LogP contribution in [0.4, 0.5) is 13.2 Å². The molecule has 0 spiro atoms. The molecule has 6 heteroatoms. The summed E-state index contributed by atoms with van der Waals surface area (Å²) in [5.74, 6) is 0. The number of rotatable bonds is 2. The summed E-state index contributed by atoms with van der Waals surface area (Å²) >= 11 is 9.44. The molecule has 0 heterocycles. The van der Waals surface area contributed by atoms with Gasteiger partial charge in [0.05, 0.1) is 0 Å². The Bertz CT molecular complexity index is 131. The van der Waals surface area contributed by atoms with E-state index in [0.29, 0.717) is 0 Å². The second-order valence-electron chi connectivity index (χ2n) is 1.57. The van der Waals surface area contributed by atoms with Gasteiger partial charge in [0.1, 0.15) is 6.29 Å². The Balaban J connectivity index is 4.23. The summed E-state index contributed by atoms with van der Waals surface area (Å²) in [5.41, 5.74) is 0. The van der Waals surface area contributed by atoms with Crippen LogP contribution in [0.2, 0.25) is 0 Å². The van der Waals surface area contributed by atoms with Crippen molar-refractivity contribution in [1.29, 1.82) is 0 Å². The van der Waals surface area contributed by atoms with Gasteiger partial charge in [-0.2, -0.15) is 13.2 Å². The van der Waals surface area contributed by atoms with Gasteiger partial charge in [-0.3, -0.25) is 0 Å². The van der Waals surface area contributed by atoms with Crippen molar-refractivity contribution in [1.82, 2.24) is 0 Å². The number of carbonyl (C=O) groups is 1. The van der Waals surface area contributed by atoms with E-state index in [4.69, 9.17) is 23.2 Å². The molecule has 0 aliphatic heterocycles. The van der Waals surface area contributed by atoms with E-state index in [1.165, 1.54) is 0 Å². The van der Waals surface area contributed by atoms with Crippen LogP contribution < -0.4 is 0 Å². The summed E-state index contributed by atoms with van der Waals surface area (Å²) < 4.78 is 31.9. The van der Waals surface area contributed by atoms with Crippen LogP contribution in [0.1, 0.15) is 6.42 Å².